The third-order valence-corrected chi connectivity index (χ3v) is 6.25. The van der Waals surface area contributed by atoms with Gasteiger partial charge < -0.3 is 5.32 Å². The Morgan fingerprint density at radius 3 is 2.81 bits per heavy atom. The molecule has 6 heteroatoms. The number of nitriles is 1. The van der Waals surface area contributed by atoms with Gasteiger partial charge >= 0.3 is 0 Å². The fourth-order valence-electron chi connectivity index (χ4n) is 3.21. The summed E-state index contributed by atoms with van der Waals surface area (Å²) in [6, 6.07) is 4.10. The Bertz CT molecular complexity index is 721. The number of sulfone groups is 1. The smallest absolute Gasteiger partial charge is 0.152 e. The quantitative estimate of drug-likeness (QED) is 0.901. The summed E-state index contributed by atoms with van der Waals surface area (Å²) >= 11 is 0. The third-order valence-electron chi connectivity index (χ3n) is 4.34. The van der Waals surface area contributed by atoms with E-state index in [1.807, 2.05) is 13.0 Å². The van der Waals surface area contributed by atoms with E-state index >= 15 is 0 Å². The number of hydrogen-bond donors (Lipinski definition) is 1. The highest BCUT2D eigenvalue weighted by atomic mass is 32.2. The number of fused-ring (bicyclic) bond motifs is 1. The fraction of sp³-hybridized carbons (Fsp3) is 0.600. The van der Waals surface area contributed by atoms with Crippen LogP contribution in [-0.2, 0) is 22.7 Å². The van der Waals surface area contributed by atoms with Gasteiger partial charge in [0, 0.05) is 5.69 Å². The number of nitrogens with zero attached hydrogens (tertiary/aromatic N) is 2. The monoisotopic (exact) mass is 305 g/mol. The van der Waals surface area contributed by atoms with Crippen LogP contribution in [0.3, 0.4) is 0 Å². The van der Waals surface area contributed by atoms with Crippen molar-refractivity contribution in [3.05, 3.63) is 22.9 Å². The van der Waals surface area contributed by atoms with Crippen molar-refractivity contribution in [2.45, 2.75) is 44.6 Å². The van der Waals surface area contributed by atoms with Gasteiger partial charge in [0.15, 0.2) is 9.84 Å². The molecule has 5 nitrogen and oxygen atoms in total. The number of aryl methyl sites for hydroxylation is 2. The topological polar surface area (TPSA) is 82.8 Å². The van der Waals surface area contributed by atoms with Gasteiger partial charge in [-0.3, -0.25) is 0 Å². The molecule has 2 heterocycles. The average Bonchev–Trinajstić information content (AvgIpc) is 2.71. The van der Waals surface area contributed by atoms with Gasteiger partial charge in [-0.1, -0.05) is 0 Å². The molecule has 21 heavy (non-hydrogen) atoms. The van der Waals surface area contributed by atoms with Crippen LogP contribution < -0.4 is 5.32 Å². The zero-order valence-electron chi connectivity index (χ0n) is 12.1. The Balaban J connectivity index is 1.94. The molecule has 0 bridgehead atoms. The van der Waals surface area contributed by atoms with E-state index in [1.165, 1.54) is 0 Å². The molecule has 112 valence electrons. The summed E-state index contributed by atoms with van der Waals surface area (Å²) in [5, 5.41) is 12.6. The van der Waals surface area contributed by atoms with Gasteiger partial charge in [-0.2, -0.15) is 5.26 Å². The summed E-state index contributed by atoms with van der Waals surface area (Å²) in [6.07, 6.45) is 4.73. The van der Waals surface area contributed by atoms with Gasteiger partial charge in [-0.15, -0.1) is 0 Å². The molecule has 0 saturated carbocycles. The van der Waals surface area contributed by atoms with Gasteiger partial charge in [0.25, 0.3) is 0 Å². The first kappa shape index (κ1) is 14.3. The minimum absolute atomic E-state index is 0.101. The molecular formula is C15H19N3O2S. The average molecular weight is 305 g/mol. The molecule has 0 radical (unpaired) electrons. The zero-order chi connectivity index (χ0) is 15.1. The molecule has 1 aliphatic heterocycles. The van der Waals surface area contributed by atoms with E-state index in [0.29, 0.717) is 17.8 Å². The molecule has 1 unspecified atom stereocenters. The summed E-state index contributed by atoms with van der Waals surface area (Å²) < 4.78 is 23.4. The Hall–Kier alpha value is -1.61. The van der Waals surface area contributed by atoms with Crippen LogP contribution in [0.5, 0.6) is 0 Å². The van der Waals surface area contributed by atoms with E-state index in [0.717, 1.165) is 36.9 Å². The van der Waals surface area contributed by atoms with Crippen LogP contribution in [0.15, 0.2) is 6.07 Å². The lowest BCUT2D eigenvalue weighted by atomic mass is 9.94. The van der Waals surface area contributed by atoms with Crippen LogP contribution in [0, 0.1) is 11.3 Å². The Morgan fingerprint density at radius 1 is 1.38 bits per heavy atom. The van der Waals surface area contributed by atoms with E-state index in [9.17, 15) is 13.7 Å². The maximum absolute atomic E-state index is 11.7. The minimum Gasteiger partial charge on any atom is -0.363 e. The summed E-state index contributed by atoms with van der Waals surface area (Å²) in [7, 11) is -2.98. The van der Waals surface area contributed by atoms with Crippen molar-refractivity contribution < 1.29 is 8.42 Å². The fourth-order valence-corrected chi connectivity index (χ4v) is 5.30. The summed E-state index contributed by atoms with van der Waals surface area (Å²) in [4.78, 5) is 4.61. The van der Waals surface area contributed by atoms with Gasteiger partial charge in [0.1, 0.15) is 11.9 Å². The molecule has 1 N–H and O–H groups in total. The second-order valence-electron chi connectivity index (χ2n) is 6.34. The largest absolute Gasteiger partial charge is 0.363 e. The highest BCUT2D eigenvalue weighted by Crippen LogP contribution is 2.30. The lowest BCUT2D eigenvalue weighted by Crippen LogP contribution is -2.36. The van der Waals surface area contributed by atoms with Crippen LogP contribution in [0.4, 0.5) is 5.82 Å². The predicted octanol–water partition coefficient (Wildman–Crippen LogP) is 1.82. The Labute approximate surface area is 125 Å². The van der Waals surface area contributed by atoms with Gasteiger partial charge in [-0.05, 0) is 50.7 Å². The van der Waals surface area contributed by atoms with E-state index in [2.05, 4.69) is 16.4 Å². The van der Waals surface area contributed by atoms with Crippen molar-refractivity contribution in [2.24, 2.45) is 0 Å². The predicted molar refractivity (Wildman–Crippen MR) is 80.9 cm³/mol. The number of pyridine rings is 1. The molecule has 1 fully saturated rings. The summed E-state index contributed by atoms with van der Waals surface area (Å²) in [6.45, 7) is 1.89. The summed E-state index contributed by atoms with van der Waals surface area (Å²) in [5.41, 5.74) is 2.20. The van der Waals surface area contributed by atoms with Crippen LogP contribution >= 0.6 is 0 Å². The molecule has 1 atom stereocenters. The van der Waals surface area contributed by atoms with E-state index in [-0.39, 0.29) is 11.5 Å². The first-order valence-corrected chi connectivity index (χ1v) is 9.14. The molecule has 0 amide bonds. The molecule has 2 aliphatic rings. The maximum atomic E-state index is 11.7. The minimum atomic E-state index is -2.98. The molecule has 1 aromatic rings. The van der Waals surface area contributed by atoms with Crippen LogP contribution in [0.2, 0.25) is 0 Å². The number of anilines is 1. The molecule has 0 aromatic carbocycles. The van der Waals surface area contributed by atoms with Crippen LogP contribution in [-0.4, -0.2) is 30.4 Å². The molecule has 1 saturated heterocycles. The second-order valence-corrected chi connectivity index (χ2v) is 8.52. The van der Waals surface area contributed by atoms with E-state index in [1.54, 1.807) is 0 Å². The number of rotatable bonds is 2. The SMILES string of the molecule is CC1(Nc2nc3c(cc2C#N)CCCC3)CCS(=O)(=O)C1. The molecule has 0 spiro atoms. The maximum Gasteiger partial charge on any atom is 0.152 e. The van der Waals surface area contributed by atoms with Crippen molar-refractivity contribution in [3.63, 3.8) is 0 Å². The number of nitrogens with one attached hydrogen (secondary N) is 1. The Morgan fingerprint density at radius 2 is 2.14 bits per heavy atom. The third kappa shape index (κ3) is 2.88. The second kappa shape index (κ2) is 4.99. The standard InChI is InChI=1S/C15H19N3O2S/c1-15(6-7-21(19,20)10-15)18-14-12(9-16)8-11-4-2-3-5-13(11)17-14/h8H,2-7,10H2,1H3,(H,17,18). The van der Waals surface area contributed by atoms with Crippen LogP contribution in [0.1, 0.15) is 43.0 Å². The van der Waals surface area contributed by atoms with E-state index in [4.69, 9.17) is 0 Å². The zero-order valence-corrected chi connectivity index (χ0v) is 13.0. The first-order valence-electron chi connectivity index (χ1n) is 7.32. The van der Waals surface area contributed by atoms with Crippen molar-refractivity contribution in [1.29, 1.82) is 5.26 Å². The molecule has 3 rings (SSSR count). The Kier molecular flexibility index (Phi) is 3.40. The highest BCUT2D eigenvalue weighted by Gasteiger charge is 2.39. The lowest BCUT2D eigenvalue weighted by molar-refractivity contribution is 0.570. The normalized spacial score (nSPS) is 26.9. The van der Waals surface area contributed by atoms with Crippen LogP contribution in [0.25, 0.3) is 0 Å². The number of aromatic nitrogens is 1. The first-order chi connectivity index (χ1) is 9.91. The molecular weight excluding hydrogens is 286 g/mol. The summed E-state index contributed by atoms with van der Waals surface area (Å²) in [5.74, 6) is 0.838. The van der Waals surface area contributed by atoms with E-state index < -0.39 is 15.4 Å². The molecule has 1 aliphatic carbocycles. The van der Waals surface area contributed by atoms with Crippen molar-refractivity contribution in [3.8, 4) is 6.07 Å². The number of hydrogen-bond acceptors (Lipinski definition) is 5. The van der Waals surface area contributed by atoms with Gasteiger partial charge in [-0.25, -0.2) is 13.4 Å². The molecule has 1 aromatic heterocycles. The van der Waals surface area contributed by atoms with Crippen molar-refractivity contribution >= 4 is 15.7 Å². The van der Waals surface area contributed by atoms with Crippen molar-refractivity contribution in [1.82, 2.24) is 4.98 Å². The lowest BCUT2D eigenvalue weighted by Gasteiger charge is -2.26. The van der Waals surface area contributed by atoms with Gasteiger partial charge in [0.05, 0.1) is 22.6 Å². The van der Waals surface area contributed by atoms with Crippen molar-refractivity contribution in [2.75, 3.05) is 16.8 Å². The van der Waals surface area contributed by atoms with Gasteiger partial charge in [0.2, 0.25) is 0 Å². The highest BCUT2D eigenvalue weighted by molar-refractivity contribution is 7.91.